The summed E-state index contributed by atoms with van der Waals surface area (Å²) in [5.41, 5.74) is 1.42. The minimum absolute atomic E-state index is 0.320. The zero-order valence-electron chi connectivity index (χ0n) is 10.7. The van der Waals surface area contributed by atoms with Crippen molar-refractivity contribution in [1.29, 1.82) is 0 Å². The van der Waals surface area contributed by atoms with Crippen LogP contribution in [0.25, 0.3) is 0 Å². The topological polar surface area (TPSA) is 41.6 Å². The summed E-state index contributed by atoms with van der Waals surface area (Å²) in [4.78, 5) is 17.6. The molecule has 0 aliphatic carbocycles. The highest BCUT2D eigenvalue weighted by Crippen LogP contribution is 2.16. The molecular weight excluding hydrogens is 240 g/mol. The summed E-state index contributed by atoms with van der Waals surface area (Å²) in [6.07, 6.45) is 0. The Morgan fingerprint density at radius 2 is 1.63 bits per heavy atom. The second kappa shape index (κ2) is 6.56. The molecule has 0 heterocycles. The molecule has 2 rings (SSSR count). The van der Waals surface area contributed by atoms with Gasteiger partial charge in [0, 0.05) is 5.69 Å². The second-order valence-corrected chi connectivity index (χ2v) is 3.84. The number of anilines is 2. The van der Waals surface area contributed by atoms with Crippen LogP contribution < -0.4 is 10.4 Å². The zero-order valence-corrected chi connectivity index (χ0v) is 10.7. The number of hydrogen-bond acceptors (Lipinski definition) is 2. The van der Waals surface area contributed by atoms with Gasteiger partial charge in [-0.1, -0.05) is 36.4 Å². The third kappa shape index (κ3) is 3.56. The van der Waals surface area contributed by atoms with Gasteiger partial charge < -0.3 is 5.32 Å². The van der Waals surface area contributed by atoms with Crippen LogP contribution >= 0.6 is 0 Å². The maximum absolute atomic E-state index is 12.2. The number of hydrogen-bond donors (Lipinski definition) is 1. The third-order valence-electron chi connectivity index (χ3n) is 2.46. The molecule has 1 N–H and O–H groups in total. The normalized spacial score (nSPS) is 9.95. The highest BCUT2D eigenvalue weighted by Gasteiger charge is 2.15. The van der Waals surface area contributed by atoms with Gasteiger partial charge in [-0.3, -0.25) is 4.84 Å². The number of rotatable bonds is 4. The average molecular weight is 256 g/mol. The molecule has 0 atom stereocenters. The largest absolute Gasteiger partial charge is 0.350 e. The Kier molecular flexibility index (Phi) is 4.53. The molecule has 4 nitrogen and oxygen atoms in total. The van der Waals surface area contributed by atoms with E-state index < -0.39 is 0 Å². The fraction of sp³-hybridized carbons (Fsp3) is 0.133. The van der Waals surface area contributed by atoms with Crippen LogP contribution in [0.1, 0.15) is 6.92 Å². The summed E-state index contributed by atoms with van der Waals surface area (Å²) in [5, 5.41) is 4.04. The number of hydroxylamine groups is 1. The van der Waals surface area contributed by atoms with E-state index >= 15 is 0 Å². The van der Waals surface area contributed by atoms with Gasteiger partial charge in [-0.05, 0) is 31.2 Å². The number of nitrogens with zero attached hydrogens (tertiary/aromatic N) is 1. The molecule has 2 amide bonds. The number of benzene rings is 2. The number of para-hydroxylation sites is 2. The summed E-state index contributed by atoms with van der Waals surface area (Å²) in [5.74, 6) is 0. The Morgan fingerprint density at radius 3 is 2.21 bits per heavy atom. The lowest BCUT2D eigenvalue weighted by Crippen LogP contribution is -2.35. The monoisotopic (exact) mass is 256 g/mol. The van der Waals surface area contributed by atoms with Gasteiger partial charge in [0.25, 0.3) is 0 Å². The number of nitrogens with one attached hydrogen (secondary N) is 1. The van der Waals surface area contributed by atoms with Crippen molar-refractivity contribution in [1.82, 2.24) is 0 Å². The molecule has 0 bridgehead atoms. The lowest BCUT2D eigenvalue weighted by Gasteiger charge is -2.21. The van der Waals surface area contributed by atoms with Crippen LogP contribution in [-0.4, -0.2) is 12.6 Å². The summed E-state index contributed by atoms with van der Waals surface area (Å²) in [6.45, 7) is 2.25. The third-order valence-corrected chi connectivity index (χ3v) is 2.46. The van der Waals surface area contributed by atoms with Crippen LogP contribution in [0, 0.1) is 0 Å². The molecule has 19 heavy (non-hydrogen) atoms. The molecule has 2 aromatic rings. The van der Waals surface area contributed by atoms with E-state index in [9.17, 15) is 4.79 Å². The number of urea groups is 1. The quantitative estimate of drug-likeness (QED) is 0.848. The van der Waals surface area contributed by atoms with Crippen molar-refractivity contribution in [3.05, 3.63) is 60.7 Å². The van der Waals surface area contributed by atoms with Gasteiger partial charge >= 0.3 is 6.03 Å². The standard InChI is InChI=1S/C15H16N2O2/c1-2-19-17(14-11-7-4-8-12-14)15(18)16-13-9-5-3-6-10-13/h3-12H,2H2,1H3,(H,16,18). The fourth-order valence-corrected chi connectivity index (χ4v) is 1.64. The van der Waals surface area contributed by atoms with Crippen LogP contribution in [0.5, 0.6) is 0 Å². The van der Waals surface area contributed by atoms with Gasteiger partial charge in [0.15, 0.2) is 0 Å². The van der Waals surface area contributed by atoms with Crippen molar-refractivity contribution in [3.8, 4) is 0 Å². The van der Waals surface area contributed by atoms with Gasteiger partial charge in [-0.15, -0.1) is 0 Å². The van der Waals surface area contributed by atoms with E-state index in [1.165, 1.54) is 5.06 Å². The van der Waals surface area contributed by atoms with Crippen LogP contribution in [0.3, 0.4) is 0 Å². The lowest BCUT2D eigenvalue weighted by atomic mass is 10.3. The van der Waals surface area contributed by atoms with E-state index in [0.29, 0.717) is 12.3 Å². The molecule has 0 fully saturated rings. The van der Waals surface area contributed by atoms with E-state index in [0.717, 1.165) is 5.69 Å². The second-order valence-electron chi connectivity index (χ2n) is 3.84. The molecule has 98 valence electrons. The zero-order chi connectivity index (χ0) is 13.5. The predicted octanol–water partition coefficient (Wildman–Crippen LogP) is 3.68. The lowest BCUT2D eigenvalue weighted by molar-refractivity contribution is 0.132. The number of carbonyl (C=O) groups is 1. The van der Waals surface area contributed by atoms with E-state index in [4.69, 9.17) is 4.84 Å². The Balaban J connectivity index is 2.13. The maximum atomic E-state index is 12.2. The van der Waals surface area contributed by atoms with Gasteiger partial charge in [0.05, 0.1) is 12.3 Å². The first kappa shape index (κ1) is 13.1. The maximum Gasteiger partial charge on any atom is 0.350 e. The minimum Gasteiger partial charge on any atom is -0.306 e. The van der Waals surface area contributed by atoms with Crippen LogP contribution in [-0.2, 0) is 4.84 Å². The number of carbonyl (C=O) groups excluding carboxylic acids is 1. The van der Waals surface area contributed by atoms with Crippen molar-refractivity contribution >= 4 is 17.4 Å². The van der Waals surface area contributed by atoms with Gasteiger partial charge in [-0.25, -0.2) is 4.79 Å². The molecule has 2 aromatic carbocycles. The Labute approximate surface area is 112 Å². The van der Waals surface area contributed by atoms with Gasteiger partial charge in [-0.2, -0.15) is 5.06 Å². The van der Waals surface area contributed by atoms with Crippen molar-refractivity contribution < 1.29 is 9.63 Å². The highest BCUT2D eigenvalue weighted by atomic mass is 16.7. The van der Waals surface area contributed by atoms with Crippen LogP contribution in [0.2, 0.25) is 0 Å². The average Bonchev–Trinajstić information content (AvgIpc) is 2.46. The molecule has 0 saturated heterocycles. The fourth-order valence-electron chi connectivity index (χ4n) is 1.64. The predicted molar refractivity (Wildman–Crippen MR) is 76.0 cm³/mol. The first-order valence-electron chi connectivity index (χ1n) is 6.15. The van der Waals surface area contributed by atoms with Crippen molar-refractivity contribution in [2.75, 3.05) is 17.0 Å². The van der Waals surface area contributed by atoms with E-state index in [2.05, 4.69) is 5.32 Å². The molecule has 0 aliphatic heterocycles. The molecule has 4 heteroatoms. The van der Waals surface area contributed by atoms with Crippen molar-refractivity contribution in [3.63, 3.8) is 0 Å². The minimum atomic E-state index is -0.320. The molecule has 0 saturated carbocycles. The number of amides is 2. The summed E-state index contributed by atoms with van der Waals surface area (Å²) in [7, 11) is 0. The molecule has 0 radical (unpaired) electrons. The molecule has 0 aromatic heterocycles. The molecule has 0 unspecified atom stereocenters. The smallest absolute Gasteiger partial charge is 0.306 e. The summed E-state index contributed by atoms with van der Waals surface area (Å²) < 4.78 is 0. The van der Waals surface area contributed by atoms with E-state index in [-0.39, 0.29) is 6.03 Å². The SMILES string of the molecule is CCON(C(=O)Nc1ccccc1)c1ccccc1. The molecule has 0 spiro atoms. The Hall–Kier alpha value is -2.33. The van der Waals surface area contributed by atoms with E-state index in [1.54, 1.807) is 0 Å². The summed E-state index contributed by atoms with van der Waals surface area (Å²) in [6, 6.07) is 18.2. The molecular formula is C15H16N2O2. The van der Waals surface area contributed by atoms with Crippen LogP contribution in [0.4, 0.5) is 16.2 Å². The molecule has 0 aliphatic rings. The van der Waals surface area contributed by atoms with Crippen LogP contribution in [0.15, 0.2) is 60.7 Å². The first-order valence-corrected chi connectivity index (χ1v) is 6.15. The Morgan fingerprint density at radius 1 is 1.05 bits per heavy atom. The van der Waals surface area contributed by atoms with Gasteiger partial charge in [0.1, 0.15) is 0 Å². The van der Waals surface area contributed by atoms with Crippen molar-refractivity contribution in [2.45, 2.75) is 6.92 Å². The van der Waals surface area contributed by atoms with E-state index in [1.807, 2.05) is 67.6 Å². The first-order chi connectivity index (χ1) is 9.31. The summed E-state index contributed by atoms with van der Waals surface area (Å²) >= 11 is 0. The highest BCUT2D eigenvalue weighted by molar-refractivity contribution is 6.00. The van der Waals surface area contributed by atoms with Gasteiger partial charge in [0.2, 0.25) is 0 Å². The Bertz CT molecular complexity index is 514. The van der Waals surface area contributed by atoms with Crippen molar-refractivity contribution in [2.24, 2.45) is 0 Å².